The zero-order chi connectivity index (χ0) is 11.7. The van der Waals surface area contributed by atoms with Gasteiger partial charge in [0.15, 0.2) is 5.78 Å². The Hall–Kier alpha value is -1.55. The van der Waals surface area contributed by atoms with Crippen LogP contribution in [-0.4, -0.2) is 11.8 Å². The van der Waals surface area contributed by atoms with Crippen molar-refractivity contribution >= 4 is 5.78 Å². The lowest BCUT2D eigenvalue weighted by molar-refractivity contribution is 0.0938. The molecule has 0 fully saturated rings. The third-order valence-corrected chi connectivity index (χ3v) is 2.65. The molecule has 4 heteroatoms. The van der Waals surface area contributed by atoms with Crippen LogP contribution < -0.4 is 5.73 Å². The normalized spacial score (nSPS) is 23.7. The molecule has 2 N–H and O–H groups in total. The van der Waals surface area contributed by atoms with Gasteiger partial charge in [0.05, 0.1) is 5.56 Å². The van der Waals surface area contributed by atoms with E-state index in [9.17, 15) is 13.6 Å². The molecule has 2 nitrogen and oxygen atoms in total. The van der Waals surface area contributed by atoms with Crippen molar-refractivity contribution in [2.24, 2.45) is 11.7 Å². The van der Waals surface area contributed by atoms with E-state index in [0.29, 0.717) is 6.42 Å². The van der Waals surface area contributed by atoms with E-state index < -0.39 is 23.3 Å². The minimum absolute atomic E-state index is 0.175. The highest BCUT2D eigenvalue weighted by Crippen LogP contribution is 2.23. The summed E-state index contributed by atoms with van der Waals surface area (Å²) in [6.45, 7) is 0. The maximum Gasteiger partial charge on any atom is 0.172 e. The predicted molar refractivity (Wildman–Crippen MR) is 55.9 cm³/mol. The van der Waals surface area contributed by atoms with Gasteiger partial charge in [0, 0.05) is 12.0 Å². The molecule has 0 aromatic heterocycles. The number of nitrogens with two attached hydrogens (primary N) is 1. The summed E-state index contributed by atoms with van der Waals surface area (Å²) >= 11 is 0. The Kier molecular flexibility index (Phi) is 2.83. The Labute approximate surface area is 91.8 Å². The molecule has 0 saturated heterocycles. The Morgan fingerprint density at radius 3 is 2.69 bits per heavy atom. The van der Waals surface area contributed by atoms with Crippen molar-refractivity contribution in [3.63, 3.8) is 0 Å². The Morgan fingerprint density at radius 2 is 2.06 bits per heavy atom. The molecule has 0 saturated carbocycles. The van der Waals surface area contributed by atoms with Crippen LogP contribution in [0, 0.1) is 17.6 Å². The van der Waals surface area contributed by atoms with Crippen LogP contribution in [0.2, 0.25) is 0 Å². The molecule has 0 amide bonds. The number of allylic oxidation sites excluding steroid dienone is 1. The summed E-state index contributed by atoms with van der Waals surface area (Å²) in [4.78, 5) is 11.9. The zero-order valence-corrected chi connectivity index (χ0v) is 8.49. The van der Waals surface area contributed by atoms with Crippen LogP contribution in [0.5, 0.6) is 0 Å². The number of halogens is 2. The van der Waals surface area contributed by atoms with Crippen molar-refractivity contribution in [2.45, 2.75) is 12.5 Å². The minimum Gasteiger partial charge on any atom is -0.324 e. The highest BCUT2D eigenvalue weighted by atomic mass is 19.1. The van der Waals surface area contributed by atoms with Crippen LogP contribution in [-0.2, 0) is 0 Å². The fourth-order valence-corrected chi connectivity index (χ4v) is 1.81. The van der Waals surface area contributed by atoms with Crippen LogP contribution >= 0.6 is 0 Å². The molecule has 0 radical (unpaired) electrons. The number of ketones is 1. The van der Waals surface area contributed by atoms with Gasteiger partial charge in [-0.2, -0.15) is 0 Å². The van der Waals surface area contributed by atoms with Gasteiger partial charge in [0.1, 0.15) is 11.6 Å². The van der Waals surface area contributed by atoms with E-state index in [1.165, 1.54) is 0 Å². The van der Waals surface area contributed by atoms with Crippen LogP contribution in [0.1, 0.15) is 16.8 Å². The van der Waals surface area contributed by atoms with Gasteiger partial charge in [-0.05, 0) is 24.6 Å². The van der Waals surface area contributed by atoms with E-state index in [1.54, 1.807) is 12.2 Å². The molecule has 16 heavy (non-hydrogen) atoms. The first kappa shape index (κ1) is 11.0. The van der Waals surface area contributed by atoms with Gasteiger partial charge >= 0.3 is 0 Å². The topological polar surface area (TPSA) is 43.1 Å². The van der Waals surface area contributed by atoms with Gasteiger partial charge in [-0.3, -0.25) is 4.79 Å². The fourth-order valence-electron chi connectivity index (χ4n) is 1.81. The molecule has 0 heterocycles. The van der Waals surface area contributed by atoms with E-state index in [4.69, 9.17) is 5.73 Å². The Bertz CT molecular complexity index is 456. The van der Waals surface area contributed by atoms with E-state index in [0.717, 1.165) is 18.2 Å². The summed E-state index contributed by atoms with van der Waals surface area (Å²) < 4.78 is 26.2. The summed E-state index contributed by atoms with van der Waals surface area (Å²) in [5.41, 5.74) is 5.40. The number of carbonyl (C=O) groups excluding carboxylic acids is 1. The minimum atomic E-state index is -0.694. The third-order valence-electron chi connectivity index (χ3n) is 2.65. The monoisotopic (exact) mass is 223 g/mol. The number of rotatable bonds is 2. The molecule has 1 aromatic rings. The van der Waals surface area contributed by atoms with Gasteiger partial charge in [0.25, 0.3) is 0 Å². The molecule has 0 spiro atoms. The second kappa shape index (κ2) is 4.14. The third kappa shape index (κ3) is 2.02. The summed E-state index contributed by atoms with van der Waals surface area (Å²) in [6.07, 6.45) is 3.81. The molecule has 0 bridgehead atoms. The highest BCUT2D eigenvalue weighted by Gasteiger charge is 2.25. The van der Waals surface area contributed by atoms with Crippen LogP contribution in [0.3, 0.4) is 0 Å². The lowest BCUT2D eigenvalue weighted by atomic mass is 9.96. The molecule has 1 aliphatic rings. The van der Waals surface area contributed by atoms with Crippen LogP contribution in [0.25, 0.3) is 0 Å². The first-order valence-electron chi connectivity index (χ1n) is 5.01. The summed E-state index contributed by atoms with van der Waals surface area (Å²) in [6, 6.07) is 2.70. The van der Waals surface area contributed by atoms with E-state index in [2.05, 4.69) is 0 Å². The van der Waals surface area contributed by atoms with Gasteiger partial charge in [-0.15, -0.1) is 0 Å². The lowest BCUT2D eigenvalue weighted by Crippen LogP contribution is -2.19. The van der Waals surface area contributed by atoms with E-state index in [-0.39, 0.29) is 11.6 Å². The molecule has 2 unspecified atom stereocenters. The quantitative estimate of drug-likeness (QED) is 0.616. The Balaban J connectivity index is 2.27. The number of hydrogen-bond donors (Lipinski definition) is 1. The first-order valence-corrected chi connectivity index (χ1v) is 5.01. The SMILES string of the molecule is NC1C=CC(C(=O)c2cc(F)ccc2F)C1. The van der Waals surface area contributed by atoms with Gasteiger partial charge in [-0.25, -0.2) is 8.78 Å². The van der Waals surface area contributed by atoms with Crippen molar-refractivity contribution in [1.29, 1.82) is 0 Å². The smallest absolute Gasteiger partial charge is 0.172 e. The van der Waals surface area contributed by atoms with Crippen molar-refractivity contribution in [3.8, 4) is 0 Å². The number of benzene rings is 1. The summed E-state index contributed by atoms with van der Waals surface area (Å²) in [5, 5.41) is 0. The molecule has 0 aliphatic heterocycles. The zero-order valence-electron chi connectivity index (χ0n) is 8.49. The second-order valence-corrected chi connectivity index (χ2v) is 3.88. The molecule has 2 rings (SSSR count). The molecule has 1 aromatic carbocycles. The summed E-state index contributed by atoms with van der Waals surface area (Å²) in [5.74, 6) is -2.16. The number of carbonyl (C=O) groups is 1. The average Bonchev–Trinajstić information content (AvgIpc) is 2.67. The maximum atomic E-state index is 13.3. The van der Waals surface area contributed by atoms with E-state index >= 15 is 0 Å². The lowest BCUT2D eigenvalue weighted by Gasteiger charge is -2.09. The van der Waals surface area contributed by atoms with Crippen molar-refractivity contribution < 1.29 is 13.6 Å². The largest absolute Gasteiger partial charge is 0.324 e. The Morgan fingerprint density at radius 1 is 1.31 bits per heavy atom. The second-order valence-electron chi connectivity index (χ2n) is 3.88. The van der Waals surface area contributed by atoms with Crippen LogP contribution in [0.4, 0.5) is 8.78 Å². The molecular weight excluding hydrogens is 212 g/mol. The number of hydrogen-bond acceptors (Lipinski definition) is 2. The molecular formula is C12H11F2NO. The average molecular weight is 223 g/mol. The fraction of sp³-hybridized carbons (Fsp3) is 0.250. The van der Waals surface area contributed by atoms with Gasteiger partial charge in [0.2, 0.25) is 0 Å². The van der Waals surface area contributed by atoms with Crippen molar-refractivity contribution in [3.05, 3.63) is 47.5 Å². The standard InChI is InChI=1S/C12H11F2NO/c13-8-2-4-11(14)10(6-8)12(16)7-1-3-9(15)5-7/h1-4,6-7,9H,5,15H2. The maximum absolute atomic E-state index is 13.3. The van der Waals surface area contributed by atoms with Gasteiger partial charge in [-0.1, -0.05) is 12.2 Å². The number of Topliss-reactive ketones (excluding diaryl/α,β-unsaturated/α-hetero) is 1. The molecule has 2 atom stereocenters. The van der Waals surface area contributed by atoms with Crippen LogP contribution in [0.15, 0.2) is 30.4 Å². The van der Waals surface area contributed by atoms with Gasteiger partial charge < -0.3 is 5.73 Å². The van der Waals surface area contributed by atoms with Crippen molar-refractivity contribution in [2.75, 3.05) is 0 Å². The van der Waals surface area contributed by atoms with Crippen molar-refractivity contribution in [1.82, 2.24) is 0 Å². The predicted octanol–water partition coefficient (Wildman–Crippen LogP) is 2.05. The first-order chi connectivity index (χ1) is 7.58. The summed E-state index contributed by atoms with van der Waals surface area (Å²) in [7, 11) is 0. The molecule has 1 aliphatic carbocycles. The van der Waals surface area contributed by atoms with E-state index in [1.807, 2.05) is 0 Å². The highest BCUT2D eigenvalue weighted by molar-refractivity contribution is 5.99. The molecule has 84 valence electrons.